The Morgan fingerprint density at radius 1 is 0.939 bits per heavy atom. The van der Waals surface area contributed by atoms with E-state index < -0.39 is 15.8 Å². The van der Waals surface area contributed by atoms with Gasteiger partial charge in [-0.2, -0.15) is 0 Å². The summed E-state index contributed by atoms with van der Waals surface area (Å²) >= 11 is 0. The second-order valence-electron chi connectivity index (χ2n) is 7.73. The summed E-state index contributed by atoms with van der Waals surface area (Å²) in [7, 11) is -0.405. The highest BCUT2D eigenvalue weighted by Gasteiger charge is 2.21. The maximum absolute atomic E-state index is 13.1. The molecule has 0 atom stereocenters. The number of sulfonamides is 1. The maximum Gasteiger partial charge on any atom is 0.320 e. The number of carbonyl (C=O) groups is 1. The lowest BCUT2D eigenvalue weighted by molar-refractivity contribution is -0.144. The molecule has 0 N–H and O–H groups in total. The van der Waals surface area contributed by atoms with Crippen molar-refractivity contribution in [3.05, 3.63) is 54.3 Å². The first kappa shape index (κ1) is 26.6. The van der Waals surface area contributed by atoms with Crippen LogP contribution in [0, 0.1) is 5.82 Å². The molecule has 0 bridgehead atoms. The van der Waals surface area contributed by atoms with Crippen LogP contribution in [0.25, 0.3) is 0 Å². The van der Waals surface area contributed by atoms with Crippen molar-refractivity contribution < 1.29 is 27.1 Å². The average Bonchev–Trinajstić information content (AvgIpc) is 2.78. The van der Waals surface area contributed by atoms with Crippen LogP contribution in [0.4, 0.5) is 10.1 Å². The Morgan fingerprint density at radius 3 is 2.21 bits per heavy atom. The van der Waals surface area contributed by atoms with Gasteiger partial charge in [-0.15, -0.1) is 0 Å². The summed E-state index contributed by atoms with van der Waals surface area (Å²) in [6.45, 7) is 3.93. The van der Waals surface area contributed by atoms with Gasteiger partial charge in [-0.3, -0.25) is 14.0 Å². The number of unbranched alkanes of at least 4 members (excludes halogenated alkanes) is 3. The molecule has 0 heterocycles. The highest BCUT2D eigenvalue weighted by Crippen LogP contribution is 2.24. The van der Waals surface area contributed by atoms with Crippen LogP contribution in [0.3, 0.4) is 0 Å². The fourth-order valence-electron chi connectivity index (χ4n) is 3.19. The lowest BCUT2D eigenvalue weighted by Crippen LogP contribution is -2.28. The molecule has 0 unspecified atom stereocenters. The molecule has 7 nitrogen and oxygen atoms in total. The van der Waals surface area contributed by atoms with E-state index in [-0.39, 0.29) is 10.9 Å². The maximum atomic E-state index is 13.1. The summed E-state index contributed by atoms with van der Waals surface area (Å²) in [5.41, 5.74) is 0.485. The number of likely N-dealkylation sites (N-methyl/N-ethyl adjacent to an activating group) is 1. The van der Waals surface area contributed by atoms with Crippen LogP contribution in [0.1, 0.15) is 32.6 Å². The van der Waals surface area contributed by atoms with Gasteiger partial charge in [0.15, 0.2) is 0 Å². The Morgan fingerprint density at radius 2 is 1.58 bits per heavy atom. The minimum absolute atomic E-state index is 0.0267. The lowest BCUT2D eigenvalue weighted by Gasteiger charge is -2.20. The fraction of sp³-hybridized carbons (Fsp3) is 0.458. The summed E-state index contributed by atoms with van der Waals surface area (Å²) in [6, 6.07) is 11.6. The zero-order valence-corrected chi connectivity index (χ0v) is 20.3. The Hall–Kier alpha value is -2.65. The van der Waals surface area contributed by atoms with E-state index in [1.165, 1.54) is 19.2 Å². The van der Waals surface area contributed by atoms with E-state index in [4.69, 9.17) is 9.47 Å². The van der Waals surface area contributed by atoms with Gasteiger partial charge in [-0.05, 0) is 81.9 Å². The third-order valence-corrected chi connectivity index (χ3v) is 6.88. The van der Waals surface area contributed by atoms with Crippen molar-refractivity contribution in [3.8, 4) is 5.75 Å². The van der Waals surface area contributed by atoms with Crippen LogP contribution in [0.15, 0.2) is 53.4 Å². The number of esters is 1. The first-order chi connectivity index (χ1) is 15.7. The molecule has 0 aromatic heterocycles. The molecule has 2 aromatic rings. The average molecular weight is 481 g/mol. The predicted molar refractivity (Wildman–Crippen MR) is 127 cm³/mol. The molecular weight excluding hydrogens is 447 g/mol. The van der Waals surface area contributed by atoms with Crippen LogP contribution in [-0.4, -0.2) is 59.7 Å². The van der Waals surface area contributed by atoms with Crippen molar-refractivity contribution in [1.29, 1.82) is 0 Å². The van der Waals surface area contributed by atoms with E-state index in [9.17, 15) is 17.6 Å². The second kappa shape index (κ2) is 13.2. The van der Waals surface area contributed by atoms with E-state index in [2.05, 4.69) is 0 Å². The highest BCUT2D eigenvalue weighted by molar-refractivity contribution is 7.92. The number of hydrogen-bond donors (Lipinski definition) is 0. The number of hydrogen-bond acceptors (Lipinski definition) is 6. The van der Waals surface area contributed by atoms with Crippen LogP contribution in [0.2, 0.25) is 0 Å². The van der Waals surface area contributed by atoms with Gasteiger partial charge in [0.25, 0.3) is 10.0 Å². The lowest BCUT2D eigenvalue weighted by atomic mass is 10.2. The van der Waals surface area contributed by atoms with E-state index in [0.29, 0.717) is 31.2 Å². The molecule has 0 saturated heterocycles. The van der Waals surface area contributed by atoms with Crippen molar-refractivity contribution in [2.45, 2.75) is 37.5 Å². The monoisotopic (exact) mass is 480 g/mol. The summed E-state index contributed by atoms with van der Waals surface area (Å²) in [6.07, 6.45) is 3.97. The molecule has 182 valence electrons. The zero-order valence-electron chi connectivity index (χ0n) is 19.5. The first-order valence-electron chi connectivity index (χ1n) is 11.1. The van der Waals surface area contributed by atoms with Crippen molar-refractivity contribution in [1.82, 2.24) is 4.90 Å². The Balaban J connectivity index is 1.70. The van der Waals surface area contributed by atoms with Crippen molar-refractivity contribution >= 4 is 21.7 Å². The van der Waals surface area contributed by atoms with Gasteiger partial charge in [0.2, 0.25) is 0 Å². The normalized spacial score (nSPS) is 11.4. The largest absolute Gasteiger partial charge is 0.494 e. The van der Waals surface area contributed by atoms with E-state index in [1.54, 1.807) is 31.2 Å². The molecule has 0 fully saturated rings. The number of rotatable bonds is 14. The van der Waals surface area contributed by atoms with Gasteiger partial charge in [0.1, 0.15) is 11.6 Å². The highest BCUT2D eigenvalue weighted by atomic mass is 32.2. The van der Waals surface area contributed by atoms with Crippen LogP contribution in [0.5, 0.6) is 5.75 Å². The van der Waals surface area contributed by atoms with E-state index >= 15 is 0 Å². The molecule has 33 heavy (non-hydrogen) atoms. The van der Waals surface area contributed by atoms with Crippen LogP contribution < -0.4 is 9.04 Å². The van der Waals surface area contributed by atoms with E-state index in [1.807, 2.05) is 11.9 Å². The van der Waals surface area contributed by atoms with Gasteiger partial charge in [-0.25, -0.2) is 12.8 Å². The summed E-state index contributed by atoms with van der Waals surface area (Å²) in [5.74, 6) is -0.0152. The predicted octanol–water partition coefficient (Wildman–Crippen LogP) is 4.08. The van der Waals surface area contributed by atoms with Crippen LogP contribution in [-0.2, 0) is 19.6 Å². The second-order valence-corrected chi connectivity index (χ2v) is 9.70. The summed E-state index contributed by atoms with van der Waals surface area (Å²) < 4.78 is 50.3. The fourth-order valence-corrected chi connectivity index (χ4v) is 4.38. The topological polar surface area (TPSA) is 76.2 Å². The molecular formula is C24H33FN2O5S. The molecule has 0 saturated carbocycles. The molecule has 0 radical (unpaired) electrons. The Kier molecular flexibility index (Phi) is 10.6. The molecule has 2 rings (SSSR count). The zero-order chi connectivity index (χ0) is 24.3. The Bertz CT molecular complexity index is 965. The number of halogens is 1. The smallest absolute Gasteiger partial charge is 0.320 e. The number of anilines is 1. The van der Waals surface area contributed by atoms with Crippen molar-refractivity contribution in [2.75, 3.05) is 44.7 Å². The molecule has 0 spiro atoms. The minimum atomic E-state index is -3.77. The minimum Gasteiger partial charge on any atom is -0.494 e. The molecule has 9 heteroatoms. The van der Waals surface area contributed by atoms with Gasteiger partial charge in [0.05, 0.1) is 30.3 Å². The van der Waals surface area contributed by atoms with Crippen molar-refractivity contribution in [3.63, 3.8) is 0 Å². The summed E-state index contributed by atoms with van der Waals surface area (Å²) in [5, 5.41) is 0. The van der Waals surface area contributed by atoms with E-state index in [0.717, 1.165) is 48.7 Å². The van der Waals surface area contributed by atoms with Gasteiger partial charge < -0.3 is 9.47 Å². The summed E-state index contributed by atoms with van der Waals surface area (Å²) in [4.78, 5) is 13.4. The quantitative estimate of drug-likeness (QED) is 0.300. The third kappa shape index (κ3) is 8.66. The molecule has 0 amide bonds. The standard InChI is InChI=1S/C24H33FN2O5S/c1-4-31-24(28)19-26(2)17-7-5-6-8-18-32-22-13-11-21(12-14-22)27(3)33(29,30)23-15-9-20(25)10-16-23/h9-16H,4-8,17-19H2,1-3H3. The molecule has 0 aliphatic heterocycles. The van der Waals surface area contributed by atoms with Crippen molar-refractivity contribution in [2.24, 2.45) is 0 Å². The van der Waals surface area contributed by atoms with Crippen LogP contribution >= 0.6 is 0 Å². The SMILES string of the molecule is CCOC(=O)CN(C)CCCCCCOc1ccc(N(C)S(=O)(=O)c2ccc(F)cc2)cc1. The first-order valence-corrected chi connectivity index (χ1v) is 12.5. The number of ether oxygens (including phenoxy) is 2. The molecule has 0 aliphatic carbocycles. The number of benzene rings is 2. The van der Waals surface area contributed by atoms with Gasteiger partial charge >= 0.3 is 5.97 Å². The molecule has 0 aliphatic rings. The Labute approximate surface area is 196 Å². The van der Waals surface area contributed by atoms with Gasteiger partial charge in [-0.1, -0.05) is 12.8 Å². The molecule has 2 aromatic carbocycles. The van der Waals surface area contributed by atoms with Gasteiger partial charge in [0, 0.05) is 7.05 Å². The number of nitrogens with zero attached hydrogens (tertiary/aromatic N) is 2. The third-order valence-electron chi connectivity index (χ3n) is 5.08. The number of carbonyl (C=O) groups excluding carboxylic acids is 1.